The smallest absolute Gasteiger partial charge is 0.332 e. The topological polar surface area (TPSA) is 91.3 Å². The van der Waals surface area contributed by atoms with E-state index in [9.17, 15) is 19.1 Å². The first-order chi connectivity index (χ1) is 15.4. The van der Waals surface area contributed by atoms with E-state index in [0.717, 1.165) is 15.7 Å². The number of hydrogen-bond acceptors (Lipinski definition) is 5. The molecule has 0 fully saturated rings. The van der Waals surface area contributed by atoms with Gasteiger partial charge in [0.2, 0.25) is 0 Å². The molecule has 2 aromatic heterocycles. The summed E-state index contributed by atoms with van der Waals surface area (Å²) in [4.78, 5) is 30.8. The molecule has 0 aliphatic rings. The van der Waals surface area contributed by atoms with Gasteiger partial charge in [0.25, 0.3) is 5.56 Å². The van der Waals surface area contributed by atoms with Gasteiger partial charge < -0.3 is 14.4 Å². The van der Waals surface area contributed by atoms with Crippen molar-refractivity contribution in [3.63, 3.8) is 0 Å². The molecular formula is C23H23FN4O4. The first kappa shape index (κ1) is 21.5. The number of benzene rings is 2. The number of fused-ring (bicyclic) bond motifs is 1. The second kappa shape index (κ2) is 8.80. The molecule has 0 saturated heterocycles. The Morgan fingerprint density at radius 3 is 2.34 bits per heavy atom. The highest BCUT2D eigenvalue weighted by Crippen LogP contribution is 2.25. The lowest BCUT2D eigenvalue weighted by molar-refractivity contribution is 0.277. The van der Waals surface area contributed by atoms with Crippen molar-refractivity contribution in [3.8, 4) is 17.1 Å². The summed E-state index contributed by atoms with van der Waals surface area (Å²) in [5.74, 6) is 0.820. The summed E-state index contributed by atoms with van der Waals surface area (Å²) >= 11 is 0. The van der Waals surface area contributed by atoms with Gasteiger partial charge in [-0.15, -0.1) is 0 Å². The molecule has 32 heavy (non-hydrogen) atoms. The summed E-state index contributed by atoms with van der Waals surface area (Å²) in [7, 11) is 3.13. The Balaban J connectivity index is 1.99. The van der Waals surface area contributed by atoms with E-state index in [1.54, 1.807) is 43.0 Å². The van der Waals surface area contributed by atoms with E-state index in [1.807, 2.05) is 12.1 Å². The van der Waals surface area contributed by atoms with Crippen molar-refractivity contribution in [1.29, 1.82) is 0 Å². The predicted octanol–water partition coefficient (Wildman–Crippen LogP) is 2.14. The van der Waals surface area contributed by atoms with E-state index in [-0.39, 0.29) is 43.1 Å². The first-order valence-corrected chi connectivity index (χ1v) is 10.1. The van der Waals surface area contributed by atoms with Gasteiger partial charge in [0.05, 0.1) is 7.11 Å². The normalized spacial score (nSPS) is 11.2. The number of ether oxygens (including phenoxy) is 1. The van der Waals surface area contributed by atoms with Crippen molar-refractivity contribution in [1.82, 2.24) is 18.7 Å². The molecule has 8 nitrogen and oxygen atoms in total. The lowest BCUT2D eigenvalue weighted by atomic mass is 10.2. The van der Waals surface area contributed by atoms with Crippen LogP contribution in [0.5, 0.6) is 5.75 Å². The molecular weight excluding hydrogens is 415 g/mol. The minimum Gasteiger partial charge on any atom is -0.497 e. The molecule has 1 N–H and O–H groups in total. The minimum atomic E-state index is -0.497. The number of aryl methyl sites for hydroxylation is 1. The Hall–Kier alpha value is -3.72. The average Bonchev–Trinajstić information content (AvgIpc) is 3.18. The van der Waals surface area contributed by atoms with Crippen molar-refractivity contribution in [2.75, 3.05) is 13.7 Å². The highest BCUT2D eigenvalue weighted by Gasteiger charge is 2.21. The Morgan fingerprint density at radius 1 is 1.03 bits per heavy atom. The van der Waals surface area contributed by atoms with Gasteiger partial charge in [-0.05, 0) is 48.4 Å². The summed E-state index contributed by atoms with van der Waals surface area (Å²) in [6, 6.07) is 13.2. The Morgan fingerprint density at radius 2 is 1.72 bits per heavy atom. The van der Waals surface area contributed by atoms with Gasteiger partial charge in [0.1, 0.15) is 17.4 Å². The van der Waals surface area contributed by atoms with Gasteiger partial charge in [-0.1, -0.05) is 12.1 Å². The maximum atomic E-state index is 13.4. The van der Waals surface area contributed by atoms with Crippen LogP contribution in [-0.2, 0) is 20.1 Å². The fourth-order valence-corrected chi connectivity index (χ4v) is 3.68. The number of aliphatic hydroxyl groups is 1. The zero-order valence-corrected chi connectivity index (χ0v) is 17.8. The van der Waals surface area contributed by atoms with E-state index in [4.69, 9.17) is 4.74 Å². The molecule has 0 atom stereocenters. The summed E-state index contributed by atoms with van der Waals surface area (Å²) in [6.07, 6.45) is 0.276. The third-order valence-corrected chi connectivity index (χ3v) is 5.37. The molecule has 2 heterocycles. The molecule has 0 aliphatic carbocycles. The molecule has 166 valence electrons. The molecule has 0 aliphatic heterocycles. The summed E-state index contributed by atoms with van der Waals surface area (Å²) in [6.45, 7) is 0.211. The van der Waals surface area contributed by atoms with Gasteiger partial charge in [-0.3, -0.25) is 13.9 Å². The maximum absolute atomic E-state index is 13.4. The number of halogens is 1. The lowest BCUT2D eigenvalue weighted by Crippen LogP contribution is -2.39. The van der Waals surface area contributed by atoms with E-state index < -0.39 is 11.2 Å². The first-order valence-electron chi connectivity index (χ1n) is 10.1. The van der Waals surface area contributed by atoms with Crippen LogP contribution in [0.4, 0.5) is 4.39 Å². The minimum absolute atomic E-state index is 0.0948. The fourth-order valence-electron chi connectivity index (χ4n) is 3.68. The van der Waals surface area contributed by atoms with Crippen molar-refractivity contribution >= 4 is 11.2 Å². The van der Waals surface area contributed by atoms with Crippen LogP contribution in [0.1, 0.15) is 12.0 Å². The molecule has 0 radical (unpaired) electrons. The van der Waals surface area contributed by atoms with Crippen molar-refractivity contribution in [2.24, 2.45) is 7.05 Å². The van der Waals surface area contributed by atoms with E-state index in [1.165, 1.54) is 16.7 Å². The van der Waals surface area contributed by atoms with E-state index >= 15 is 0 Å². The van der Waals surface area contributed by atoms with Crippen LogP contribution in [0, 0.1) is 5.82 Å². The number of imidazole rings is 1. The van der Waals surface area contributed by atoms with Crippen molar-refractivity contribution in [3.05, 3.63) is 80.7 Å². The molecule has 0 saturated carbocycles. The van der Waals surface area contributed by atoms with Crippen LogP contribution >= 0.6 is 0 Å². The average molecular weight is 438 g/mol. The van der Waals surface area contributed by atoms with Crippen LogP contribution in [0.15, 0.2) is 58.1 Å². The second-order valence-corrected chi connectivity index (χ2v) is 7.42. The van der Waals surface area contributed by atoms with Gasteiger partial charge >= 0.3 is 5.69 Å². The van der Waals surface area contributed by atoms with Gasteiger partial charge in [0.15, 0.2) is 11.2 Å². The second-order valence-electron chi connectivity index (χ2n) is 7.42. The zero-order valence-electron chi connectivity index (χ0n) is 17.8. The number of aromatic nitrogens is 4. The molecule has 2 aromatic carbocycles. The zero-order chi connectivity index (χ0) is 22.8. The Bertz CT molecular complexity index is 1370. The summed E-state index contributed by atoms with van der Waals surface area (Å²) < 4.78 is 22.8. The van der Waals surface area contributed by atoms with Crippen LogP contribution in [-0.4, -0.2) is 37.5 Å². The van der Waals surface area contributed by atoms with Crippen LogP contribution < -0.4 is 16.0 Å². The van der Waals surface area contributed by atoms with Crippen molar-refractivity contribution in [2.45, 2.75) is 19.5 Å². The largest absolute Gasteiger partial charge is 0.497 e. The molecule has 0 unspecified atom stereocenters. The Labute approximate surface area is 182 Å². The van der Waals surface area contributed by atoms with Crippen LogP contribution in [0.3, 0.4) is 0 Å². The highest BCUT2D eigenvalue weighted by atomic mass is 19.1. The molecule has 0 bridgehead atoms. The quantitative estimate of drug-likeness (QED) is 0.477. The fraction of sp³-hybridized carbons (Fsp3) is 0.261. The monoisotopic (exact) mass is 438 g/mol. The number of hydrogen-bond donors (Lipinski definition) is 1. The van der Waals surface area contributed by atoms with E-state index in [2.05, 4.69) is 4.98 Å². The standard InChI is InChI=1S/C23H23FN4O4/c1-26-21-19(22(30)27(23(26)31)12-3-13-29)28(14-15-4-8-17(24)9-5-15)20(25-21)16-6-10-18(32-2)11-7-16/h4-11,29H,3,12-14H2,1-2H3. The number of methoxy groups -OCH3 is 1. The molecule has 9 heteroatoms. The van der Waals surface area contributed by atoms with E-state index in [0.29, 0.717) is 11.6 Å². The number of nitrogens with zero attached hydrogens (tertiary/aromatic N) is 4. The van der Waals surface area contributed by atoms with Gasteiger partial charge in [-0.25, -0.2) is 14.2 Å². The predicted molar refractivity (Wildman–Crippen MR) is 118 cm³/mol. The molecule has 0 spiro atoms. The number of rotatable bonds is 7. The third-order valence-electron chi connectivity index (χ3n) is 5.37. The van der Waals surface area contributed by atoms with Crippen LogP contribution in [0.2, 0.25) is 0 Å². The van der Waals surface area contributed by atoms with Crippen molar-refractivity contribution < 1.29 is 14.2 Å². The third kappa shape index (κ3) is 3.82. The number of aliphatic hydroxyl groups excluding tert-OH is 1. The summed E-state index contributed by atoms with van der Waals surface area (Å²) in [5, 5.41) is 9.18. The molecule has 4 rings (SSSR count). The van der Waals surface area contributed by atoms with Gasteiger partial charge in [-0.2, -0.15) is 0 Å². The Kier molecular flexibility index (Phi) is 5.91. The summed E-state index contributed by atoms with van der Waals surface area (Å²) in [5.41, 5.74) is 1.05. The molecule has 4 aromatic rings. The molecule has 0 amide bonds. The van der Waals surface area contributed by atoms with Crippen LogP contribution in [0.25, 0.3) is 22.6 Å². The van der Waals surface area contributed by atoms with Gasteiger partial charge in [0, 0.05) is 32.3 Å². The maximum Gasteiger partial charge on any atom is 0.332 e. The SMILES string of the molecule is COc1ccc(-c2nc3c(c(=O)n(CCCO)c(=O)n3C)n2Cc2ccc(F)cc2)cc1. The lowest BCUT2D eigenvalue weighted by Gasteiger charge is -2.11. The highest BCUT2D eigenvalue weighted by molar-refractivity contribution is 5.77.